The summed E-state index contributed by atoms with van der Waals surface area (Å²) in [6.45, 7) is -0.280. The molecule has 5 heteroatoms. The zero-order valence-corrected chi connectivity index (χ0v) is 6.72. The van der Waals surface area contributed by atoms with E-state index >= 15 is 0 Å². The third kappa shape index (κ3) is 1.75. The molecule has 0 aromatic rings. The van der Waals surface area contributed by atoms with E-state index in [9.17, 15) is 15.3 Å². The Hall–Kier alpha value is -0.200. The Morgan fingerprint density at radius 1 is 1.42 bits per heavy atom. The molecular formula is C7H15NO4. The molecule has 0 amide bonds. The first-order valence-electron chi connectivity index (χ1n) is 3.96. The van der Waals surface area contributed by atoms with E-state index in [1.807, 2.05) is 0 Å². The van der Waals surface area contributed by atoms with Crippen molar-refractivity contribution in [2.75, 3.05) is 6.61 Å². The van der Waals surface area contributed by atoms with Crippen molar-refractivity contribution in [1.82, 2.24) is 0 Å². The van der Waals surface area contributed by atoms with Gasteiger partial charge in [0, 0.05) is 25.0 Å². The van der Waals surface area contributed by atoms with Crippen LogP contribution in [0.4, 0.5) is 0 Å². The van der Waals surface area contributed by atoms with Gasteiger partial charge in [0.1, 0.15) is 6.10 Å². The highest BCUT2D eigenvalue weighted by atomic mass is 16.5. The van der Waals surface area contributed by atoms with E-state index in [0.29, 0.717) is 6.42 Å². The van der Waals surface area contributed by atoms with Crippen molar-refractivity contribution < 1.29 is 20.4 Å². The van der Waals surface area contributed by atoms with Crippen LogP contribution >= 0.6 is 0 Å². The fraction of sp³-hybridized carbons (Fsp3) is 1.00. The number of rotatable bonds is 1. The average Bonchev–Trinajstić information content (AvgIpc) is 1.96. The number of nitrogens with two attached hydrogens (primary N) is 1. The fourth-order valence-electron chi connectivity index (χ4n) is 1.66. The molecule has 0 bridgehead atoms. The van der Waals surface area contributed by atoms with Gasteiger partial charge in [-0.3, -0.25) is 0 Å². The van der Waals surface area contributed by atoms with Crippen LogP contribution in [0.1, 0.15) is 12.8 Å². The Labute approximate surface area is 70.4 Å². The first kappa shape index (κ1) is 9.88. The molecule has 12 heavy (non-hydrogen) atoms. The molecule has 5 nitrogen and oxygen atoms in total. The lowest BCUT2D eigenvalue weighted by atomic mass is 9.80. The van der Waals surface area contributed by atoms with Crippen LogP contribution in [0.3, 0.4) is 0 Å². The van der Waals surface area contributed by atoms with Crippen molar-refractivity contribution >= 4 is 0 Å². The highest BCUT2D eigenvalue weighted by molar-refractivity contribution is 4.91. The van der Waals surface area contributed by atoms with Gasteiger partial charge in [-0.05, 0) is 6.42 Å². The van der Waals surface area contributed by atoms with E-state index in [4.69, 9.17) is 10.8 Å². The molecule has 0 aliphatic heterocycles. The summed E-state index contributed by atoms with van der Waals surface area (Å²) in [7, 11) is 0. The molecule has 72 valence electrons. The van der Waals surface area contributed by atoms with E-state index in [0.717, 1.165) is 0 Å². The normalized spacial score (nSPS) is 41.2. The van der Waals surface area contributed by atoms with Crippen LogP contribution in [0.15, 0.2) is 0 Å². The van der Waals surface area contributed by atoms with Crippen LogP contribution < -0.4 is 5.73 Å². The predicted octanol–water partition coefficient (Wildman–Crippen LogP) is -2.24. The number of hydrogen-bond donors (Lipinski definition) is 5. The Balaban J connectivity index is 2.68. The van der Waals surface area contributed by atoms with Gasteiger partial charge < -0.3 is 26.2 Å². The van der Waals surface area contributed by atoms with Gasteiger partial charge in [0.15, 0.2) is 5.79 Å². The topological polar surface area (TPSA) is 107 Å². The molecule has 1 aliphatic rings. The van der Waals surface area contributed by atoms with E-state index in [1.165, 1.54) is 0 Å². The Morgan fingerprint density at radius 2 is 2.00 bits per heavy atom. The Kier molecular flexibility index (Phi) is 2.70. The second kappa shape index (κ2) is 3.27. The summed E-state index contributed by atoms with van der Waals surface area (Å²) in [5, 5.41) is 36.5. The molecule has 0 radical (unpaired) electrons. The van der Waals surface area contributed by atoms with Gasteiger partial charge in [-0.25, -0.2) is 0 Å². The summed E-state index contributed by atoms with van der Waals surface area (Å²) in [5.41, 5.74) is 5.50. The lowest BCUT2D eigenvalue weighted by molar-refractivity contribution is -0.260. The SMILES string of the molecule is NC1CC(CO)C(O)C(O)(O)C1. The first-order chi connectivity index (χ1) is 5.47. The molecule has 6 N–H and O–H groups in total. The monoisotopic (exact) mass is 177 g/mol. The van der Waals surface area contributed by atoms with Crippen LogP contribution in [0.2, 0.25) is 0 Å². The van der Waals surface area contributed by atoms with Crippen molar-refractivity contribution in [3.05, 3.63) is 0 Å². The minimum Gasteiger partial charge on any atom is -0.396 e. The molecule has 0 spiro atoms. The molecular weight excluding hydrogens is 162 g/mol. The lowest BCUT2D eigenvalue weighted by Crippen LogP contribution is -2.56. The van der Waals surface area contributed by atoms with Gasteiger partial charge in [0.2, 0.25) is 0 Å². The smallest absolute Gasteiger partial charge is 0.191 e. The fourth-order valence-corrected chi connectivity index (χ4v) is 1.66. The second-order valence-electron chi connectivity index (χ2n) is 3.47. The first-order valence-corrected chi connectivity index (χ1v) is 3.96. The van der Waals surface area contributed by atoms with Crippen molar-refractivity contribution in [2.24, 2.45) is 11.7 Å². The molecule has 0 saturated heterocycles. The van der Waals surface area contributed by atoms with Gasteiger partial charge in [0.25, 0.3) is 0 Å². The van der Waals surface area contributed by atoms with E-state index in [-0.39, 0.29) is 19.1 Å². The third-order valence-corrected chi connectivity index (χ3v) is 2.32. The summed E-state index contributed by atoms with van der Waals surface area (Å²) < 4.78 is 0. The zero-order valence-electron chi connectivity index (χ0n) is 6.72. The Morgan fingerprint density at radius 3 is 2.50 bits per heavy atom. The number of hydrogen-bond acceptors (Lipinski definition) is 5. The standard InChI is InChI=1S/C7H15NO4/c8-5-1-4(3-9)6(10)7(11,12)2-5/h4-6,9-12H,1-3,8H2. The predicted molar refractivity (Wildman–Crippen MR) is 41.0 cm³/mol. The average molecular weight is 177 g/mol. The van der Waals surface area contributed by atoms with Crippen LogP contribution in [0.5, 0.6) is 0 Å². The van der Waals surface area contributed by atoms with Gasteiger partial charge in [-0.1, -0.05) is 0 Å². The molecule has 1 saturated carbocycles. The highest BCUT2D eigenvalue weighted by Crippen LogP contribution is 2.29. The summed E-state index contributed by atoms with van der Waals surface area (Å²) in [5.74, 6) is -2.69. The molecule has 3 unspecified atom stereocenters. The van der Waals surface area contributed by atoms with Gasteiger partial charge in [-0.15, -0.1) is 0 Å². The molecule has 0 heterocycles. The van der Waals surface area contributed by atoms with E-state index in [1.54, 1.807) is 0 Å². The maximum Gasteiger partial charge on any atom is 0.191 e. The van der Waals surface area contributed by atoms with E-state index < -0.39 is 17.8 Å². The largest absolute Gasteiger partial charge is 0.396 e. The second-order valence-corrected chi connectivity index (χ2v) is 3.47. The quantitative estimate of drug-likeness (QED) is 0.291. The van der Waals surface area contributed by atoms with Crippen molar-refractivity contribution in [3.63, 3.8) is 0 Å². The van der Waals surface area contributed by atoms with Crippen LogP contribution in [0.25, 0.3) is 0 Å². The van der Waals surface area contributed by atoms with Crippen LogP contribution in [0, 0.1) is 5.92 Å². The minimum atomic E-state index is -2.15. The zero-order chi connectivity index (χ0) is 9.35. The number of aliphatic hydroxyl groups is 4. The Bertz CT molecular complexity index is 161. The molecule has 1 rings (SSSR count). The van der Waals surface area contributed by atoms with Crippen molar-refractivity contribution in [1.29, 1.82) is 0 Å². The van der Waals surface area contributed by atoms with Gasteiger partial charge in [0.05, 0.1) is 0 Å². The summed E-state index contributed by atoms with van der Waals surface area (Å²) in [6, 6.07) is -0.374. The maximum absolute atomic E-state index is 9.30. The van der Waals surface area contributed by atoms with Crippen LogP contribution in [-0.2, 0) is 0 Å². The summed E-state index contributed by atoms with van der Waals surface area (Å²) >= 11 is 0. The lowest BCUT2D eigenvalue weighted by Gasteiger charge is -2.39. The molecule has 3 atom stereocenters. The molecule has 0 aromatic carbocycles. The highest BCUT2D eigenvalue weighted by Gasteiger charge is 2.44. The number of aliphatic hydroxyl groups excluding tert-OH is 2. The van der Waals surface area contributed by atoms with Crippen molar-refractivity contribution in [2.45, 2.75) is 30.8 Å². The van der Waals surface area contributed by atoms with Gasteiger partial charge in [-0.2, -0.15) is 0 Å². The molecule has 1 aliphatic carbocycles. The van der Waals surface area contributed by atoms with Crippen LogP contribution in [-0.4, -0.2) is 45.0 Å². The summed E-state index contributed by atoms with van der Waals surface area (Å²) in [4.78, 5) is 0. The summed E-state index contributed by atoms with van der Waals surface area (Å²) in [6.07, 6.45) is -0.937. The third-order valence-electron chi connectivity index (χ3n) is 2.32. The minimum absolute atomic E-state index is 0.0509. The maximum atomic E-state index is 9.30. The van der Waals surface area contributed by atoms with E-state index in [2.05, 4.69) is 0 Å². The molecule has 0 aromatic heterocycles. The van der Waals surface area contributed by atoms with Gasteiger partial charge >= 0.3 is 0 Å². The van der Waals surface area contributed by atoms with Crippen molar-refractivity contribution in [3.8, 4) is 0 Å². The molecule has 1 fully saturated rings.